The molecule has 119 valence electrons. The van der Waals surface area contributed by atoms with Crippen LogP contribution in [-0.4, -0.2) is 19.4 Å². The molecule has 23 heavy (non-hydrogen) atoms. The van der Waals surface area contributed by atoms with Gasteiger partial charge in [0, 0.05) is 22.3 Å². The van der Waals surface area contributed by atoms with E-state index in [4.69, 9.17) is 0 Å². The summed E-state index contributed by atoms with van der Waals surface area (Å²) in [5, 5.41) is 0. The normalized spacial score (nSPS) is 16.1. The van der Waals surface area contributed by atoms with Crippen molar-refractivity contribution in [2.24, 2.45) is 4.99 Å². The first-order valence-electron chi connectivity index (χ1n) is 8.34. The van der Waals surface area contributed by atoms with E-state index in [1.165, 1.54) is 44.8 Å². The predicted octanol–water partition coefficient (Wildman–Crippen LogP) is 5.10. The van der Waals surface area contributed by atoms with Crippen molar-refractivity contribution in [3.63, 3.8) is 0 Å². The van der Waals surface area contributed by atoms with Crippen LogP contribution in [-0.2, 0) is 0 Å². The van der Waals surface area contributed by atoms with Crippen molar-refractivity contribution >= 4 is 17.7 Å². The van der Waals surface area contributed by atoms with E-state index in [9.17, 15) is 0 Å². The molecule has 0 bridgehead atoms. The molecule has 0 aliphatic carbocycles. The van der Waals surface area contributed by atoms with Gasteiger partial charge in [-0.25, -0.2) is 9.48 Å². The third-order valence-corrected chi connectivity index (χ3v) is 4.82. The number of hydrogen-bond acceptors (Lipinski definition) is 1. The van der Waals surface area contributed by atoms with Crippen LogP contribution in [0.1, 0.15) is 33.4 Å². The fraction of sp³-hybridized carbons (Fsp3) is 0.381. The molecule has 0 atom stereocenters. The summed E-state index contributed by atoms with van der Waals surface area (Å²) in [5.74, 6) is 0. The lowest BCUT2D eigenvalue weighted by Gasteiger charge is -2.33. The molecule has 2 aromatic rings. The van der Waals surface area contributed by atoms with Crippen molar-refractivity contribution in [1.82, 2.24) is 4.48 Å². The summed E-state index contributed by atoms with van der Waals surface area (Å²) in [6.45, 7) is 15.0. The molecule has 0 aromatic heterocycles. The molecule has 1 aliphatic rings. The molecular formula is C21H26N2+. The minimum Gasteiger partial charge on any atom is -0.221 e. The highest BCUT2D eigenvalue weighted by Gasteiger charge is 2.41. The number of hydrogen-bond donors (Lipinski definition) is 0. The minimum absolute atomic E-state index is 0.635. The average Bonchev–Trinajstić information content (AvgIpc) is 2.85. The molecule has 0 spiro atoms. The molecule has 3 rings (SSSR count). The summed E-state index contributed by atoms with van der Waals surface area (Å²) in [5.41, 5.74) is 10.6. The van der Waals surface area contributed by atoms with E-state index >= 15 is 0 Å². The molecule has 2 heteroatoms. The van der Waals surface area contributed by atoms with Gasteiger partial charge in [-0.05, 0) is 41.5 Å². The Labute approximate surface area is 140 Å². The first-order valence-corrected chi connectivity index (χ1v) is 8.34. The van der Waals surface area contributed by atoms with Crippen LogP contribution in [0.2, 0.25) is 0 Å². The Morgan fingerprint density at radius 3 is 1.43 bits per heavy atom. The first-order chi connectivity index (χ1) is 10.8. The maximum atomic E-state index is 4.52. The summed E-state index contributed by atoms with van der Waals surface area (Å²) in [6, 6.07) is 9.12. The van der Waals surface area contributed by atoms with E-state index in [0.29, 0.717) is 4.48 Å². The smallest absolute Gasteiger partial charge is 0.221 e. The Bertz CT molecular complexity index is 696. The van der Waals surface area contributed by atoms with Crippen LogP contribution in [0.5, 0.6) is 0 Å². The summed E-state index contributed by atoms with van der Waals surface area (Å²) in [6.07, 6.45) is 3.47. The third kappa shape index (κ3) is 2.51. The van der Waals surface area contributed by atoms with Gasteiger partial charge in [0.05, 0.1) is 6.54 Å². The van der Waals surface area contributed by atoms with E-state index in [2.05, 4.69) is 77.1 Å². The van der Waals surface area contributed by atoms with Gasteiger partial charge in [-0.15, -0.1) is 0 Å². The number of nitrogens with zero attached hydrogens (tertiary/aromatic N) is 2. The van der Waals surface area contributed by atoms with E-state index in [1.54, 1.807) is 0 Å². The highest BCUT2D eigenvalue weighted by atomic mass is 15.4. The van der Waals surface area contributed by atoms with Crippen molar-refractivity contribution in [3.8, 4) is 0 Å². The second-order valence-electron chi connectivity index (χ2n) is 7.01. The van der Waals surface area contributed by atoms with Gasteiger partial charge in [-0.1, -0.05) is 35.4 Å². The molecule has 1 heterocycles. The van der Waals surface area contributed by atoms with Gasteiger partial charge in [-0.3, -0.25) is 0 Å². The molecule has 0 N–H and O–H groups in total. The lowest BCUT2D eigenvalue weighted by Crippen LogP contribution is -2.43. The molecular weight excluding hydrogens is 280 g/mol. The zero-order chi connectivity index (χ0) is 16.8. The van der Waals surface area contributed by atoms with E-state index in [1.807, 2.05) is 0 Å². The standard InChI is InChI=1S/C21H26N2/c1-14-9-16(3)20(17(4)10-14)23(8-7-22-13-23)21-18(5)11-15(2)12-19(21)6/h9-12H,7-8H2,1-6H3/q+1. The Kier molecular flexibility index (Phi) is 3.89. The van der Waals surface area contributed by atoms with Crippen LogP contribution in [0.4, 0.5) is 11.4 Å². The number of aliphatic imine (C=N–C) groups is 1. The van der Waals surface area contributed by atoms with Gasteiger partial charge in [0.15, 0.2) is 0 Å². The van der Waals surface area contributed by atoms with Crippen molar-refractivity contribution in [3.05, 3.63) is 57.6 Å². The second-order valence-corrected chi connectivity index (χ2v) is 7.01. The van der Waals surface area contributed by atoms with Gasteiger partial charge in [0.2, 0.25) is 0 Å². The highest BCUT2D eigenvalue weighted by molar-refractivity contribution is 5.89. The lowest BCUT2D eigenvalue weighted by atomic mass is 9.97. The van der Waals surface area contributed by atoms with E-state index < -0.39 is 0 Å². The molecule has 2 nitrogen and oxygen atoms in total. The molecule has 0 amide bonds. The van der Waals surface area contributed by atoms with Crippen LogP contribution in [0.3, 0.4) is 0 Å². The van der Waals surface area contributed by atoms with Crippen molar-refractivity contribution in [2.75, 3.05) is 13.1 Å². The maximum Gasteiger partial charge on any atom is 0.317 e. The number of rotatable bonds is 2. The largest absolute Gasteiger partial charge is 0.317 e. The van der Waals surface area contributed by atoms with Crippen LogP contribution >= 0.6 is 0 Å². The monoisotopic (exact) mass is 306 g/mol. The summed E-state index contributed by atoms with van der Waals surface area (Å²) in [4.78, 5) is 4.52. The Morgan fingerprint density at radius 1 is 0.739 bits per heavy atom. The highest BCUT2D eigenvalue weighted by Crippen LogP contribution is 2.43. The number of benzene rings is 2. The predicted molar refractivity (Wildman–Crippen MR) is 99.9 cm³/mol. The Balaban J connectivity index is 2.35. The molecule has 0 fully saturated rings. The van der Waals surface area contributed by atoms with Gasteiger partial charge in [0.1, 0.15) is 17.9 Å². The number of aryl methyl sites for hydroxylation is 6. The van der Waals surface area contributed by atoms with Crippen molar-refractivity contribution in [1.29, 1.82) is 0 Å². The Morgan fingerprint density at radius 2 is 1.13 bits per heavy atom. The van der Waals surface area contributed by atoms with Gasteiger partial charge >= 0.3 is 6.34 Å². The molecule has 2 aromatic carbocycles. The second kappa shape index (κ2) is 5.61. The lowest BCUT2D eigenvalue weighted by molar-refractivity contribution is 0.598. The average molecular weight is 306 g/mol. The van der Waals surface area contributed by atoms with Gasteiger partial charge in [0.25, 0.3) is 0 Å². The van der Waals surface area contributed by atoms with Gasteiger partial charge in [-0.2, -0.15) is 0 Å². The van der Waals surface area contributed by atoms with Crippen LogP contribution in [0.15, 0.2) is 29.3 Å². The fourth-order valence-corrected chi connectivity index (χ4v) is 4.41. The maximum absolute atomic E-state index is 4.52. The molecule has 1 aliphatic heterocycles. The molecule has 0 saturated carbocycles. The minimum atomic E-state index is 0.635. The SMILES string of the molecule is Cc1cc(C)c([N+]2(c3c(C)cc(C)cc3C)[C]=NCC2)c(C)c1. The Hall–Kier alpha value is -1.93. The topological polar surface area (TPSA) is 12.4 Å². The van der Waals surface area contributed by atoms with Crippen molar-refractivity contribution < 1.29 is 0 Å². The van der Waals surface area contributed by atoms with E-state index in [0.717, 1.165) is 13.1 Å². The molecule has 1 radical (unpaired) electrons. The quantitative estimate of drug-likeness (QED) is 0.685. The van der Waals surface area contributed by atoms with E-state index in [-0.39, 0.29) is 0 Å². The number of quaternary nitrogens is 1. The zero-order valence-corrected chi connectivity index (χ0v) is 15.1. The first kappa shape index (κ1) is 15.9. The molecule has 0 saturated heterocycles. The summed E-state index contributed by atoms with van der Waals surface area (Å²) >= 11 is 0. The third-order valence-electron chi connectivity index (χ3n) is 4.82. The fourth-order valence-electron chi connectivity index (χ4n) is 4.41. The molecule has 0 unspecified atom stereocenters. The van der Waals surface area contributed by atoms with Crippen molar-refractivity contribution in [2.45, 2.75) is 41.5 Å². The zero-order valence-electron chi connectivity index (χ0n) is 15.1. The van der Waals surface area contributed by atoms with Crippen LogP contribution in [0.25, 0.3) is 0 Å². The summed E-state index contributed by atoms with van der Waals surface area (Å²) in [7, 11) is 0. The summed E-state index contributed by atoms with van der Waals surface area (Å²) < 4.78 is 0.635. The van der Waals surface area contributed by atoms with Gasteiger partial charge < -0.3 is 0 Å². The van der Waals surface area contributed by atoms with Crippen LogP contribution < -0.4 is 4.48 Å². The van der Waals surface area contributed by atoms with Crippen LogP contribution in [0, 0.1) is 41.5 Å².